The number of hydrogen-bond acceptors (Lipinski definition) is 7. The van der Waals surface area contributed by atoms with Gasteiger partial charge < -0.3 is 15.0 Å². The number of nitro benzene ring substituents is 1. The third kappa shape index (κ3) is 6.34. The van der Waals surface area contributed by atoms with Gasteiger partial charge >= 0.3 is 11.8 Å². The molecule has 28 heavy (non-hydrogen) atoms. The van der Waals surface area contributed by atoms with Crippen LogP contribution in [0.2, 0.25) is 0 Å². The quantitative estimate of drug-likeness (QED) is 0.295. The highest BCUT2D eigenvalue weighted by Crippen LogP contribution is 2.28. The Kier molecular flexibility index (Phi) is 8.53. The molecule has 0 aliphatic heterocycles. The highest BCUT2D eigenvalue weighted by atomic mass is 16.6. The van der Waals surface area contributed by atoms with Gasteiger partial charge in [-0.05, 0) is 32.9 Å². The number of nitrogens with one attached hydrogen (secondary N) is 2. The van der Waals surface area contributed by atoms with E-state index in [1.807, 2.05) is 0 Å². The van der Waals surface area contributed by atoms with Gasteiger partial charge in [0.25, 0.3) is 5.69 Å². The fraction of sp³-hybridized carbons (Fsp3) is 0.412. The molecule has 3 amide bonds. The Labute approximate surface area is 161 Å². The van der Waals surface area contributed by atoms with Crippen molar-refractivity contribution in [2.45, 2.75) is 27.2 Å². The Hall–Kier alpha value is -3.50. The first-order chi connectivity index (χ1) is 13.2. The van der Waals surface area contributed by atoms with Crippen LogP contribution >= 0.6 is 0 Å². The smallest absolute Gasteiger partial charge is 0.329 e. The molecule has 0 heterocycles. The van der Waals surface area contributed by atoms with Crippen LogP contribution in [0.15, 0.2) is 23.3 Å². The molecule has 0 saturated heterocycles. The second kappa shape index (κ2) is 10.6. The number of carbonyl (C=O) groups excluding carboxylic acids is 3. The van der Waals surface area contributed by atoms with E-state index in [1.165, 1.54) is 37.1 Å². The standard InChI is InChI=1S/C17H23N5O6/c1-5-21(6-2)17(25)16(24)20-19-11(3)9-15(23)18-13-8-7-12(28-4)10-14(13)22(26)27/h7-8,10H,5-6,9H2,1-4H3,(H,18,23)(H,20,24)/b19-11+. The summed E-state index contributed by atoms with van der Waals surface area (Å²) in [5.41, 5.74) is 2.00. The van der Waals surface area contributed by atoms with Gasteiger partial charge in [-0.15, -0.1) is 0 Å². The molecule has 0 aliphatic rings. The zero-order chi connectivity index (χ0) is 21.3. The van der Waals surface area contributed by atoms with E-state index in [9.17, 15) is 24.5 Å². The normalized spacial score (nSPS) is 10.8. The summed E-state index contributed by atoms with van der Waals surface area (Å²) >= 11 is 0. The topological polar surface area (TPSA) is 143 Å². The van der Waals surface area contributed by atoms with Crippen LogP contribution in [0, 0.1) is 10.1 Å². The first kappa shape index (κ1) is 22.5. The number of anilines is 1. The van der Waals surface area contributed by atoms with E-state index in [-0.39, 0.29) is 29.3 Å². The average molecular weight is 393 g/mol. The summed E-state index contributed by atoms with van der Waals surface area (Å²) in [6.45, 7) is 5.73. The number of hydrazone groups is 1. The molecule has 0 aromatic heterocycles. The number of likely N-dealkylation sites (N-methyl/N-ethyl adjacent to an activating group) is 1. The molecular formula is C17H23N5O6. The Morgan fingerprint density at radius 2 is 1.89 bits per heavy atom. The highest BCUT2D eigenvalue weighted by molar-refractivity contribution is 6.35. The number of nitro groups is 1. The van der Waals surface area contributed by atoms with E-state index in [1.54, 1.807) is 13.8 Å². The van der Waals surface area contributed by atoms with Crippen molar-refractivity contribution in [3.8, 4) is 5.75 Å². The Morgan fingerprint density at radius 3 is 2.43 bits per heavy atom. The van der Waals surface area contributed by atoms with Gasteiger partial charge in [-0.25, -0.2) is 5.43 Å². The minimum absolute atomic E-state index is 0.00402. The van der Waals surface area contributed by atoms with Crippen molar-refractivity contribution in [2.75, 3.05) is 25.5 Å². The van der Waals surface area contributed by atoms with Crippen LogP contribution in [0.25, 0.3) is 0 Å². The molecule has 152 valence electrons. The summed E-state index contributed by atoms with van der Waals surface area (Å²) in [4.78, 5) is 47.5. The fourth-order valence-corrected chi connectivity index (χ4v) is 2.21. The second-order valence-corrected chi connectivity index (χ2v) is 5.63. The van der Waals surface area contributed by atoms with Crippen LogP contribution in [-0.4, -0.2) is 53.5 Å². The molecule has 0 bridgehead atoms. The molecule has 0 saturated carbocycles. The monoisotopic (exact) mass is 393 g/mol. The lowest BCUT2D eigenvalue weighted by atomic mass is 10.2. The van der Waals surface area contributed by atoms with Gasteiger partial charge in [0, 0.05) is 18.8 Å². The number of methoxy groups -OCH3 is 1. The molecule has 0 spiro atoms. The lowest BCUT2D eigenvalue weighted by molar-refractivity contribution is -0.384. The van der Waals surface area contributed by atoms with Crippen molar-refractivity contribution in [1.29, 1.82) is 0 Å². The molecule has 11 nitrogen and oxygen atoms in total. The largest absolute Gasteiger partial charge is 0.496 e. The first-order valence-corrected chi connectivity index (χ1v) is 8.48. The molecule has 0 fully saturated rings. The van der Waals surface area contributed by atoms with Crippen LogP contribution in [0.5, 0.6) is 5.75 Å². The van der Waals surface area contributed by atoms with Gasteiger partial charge in [-0.2, -0.15) is 5.10 Å². The minimum Gasteiger partial charge on any atom is -0.496 e. The molecule has 11 heteroatoms. The van der Waals surface area contributed by atoms with Crippen LogP contribution in [0.1, 0.15) is 27.2 Å². The SMILES string of the molecule is CCN(CC)C(=O)C(=O)N/N=C(\C)CC(=O)Nc1ccc(OC)cc1[N+](=O)[O-]. The van der Waals surface area contributed by atoms with Crippen molar-refractivity contribution >= 4 is 34.8 Å². The number of ether oxygens (including phenoxy) is 1. The summed E-state index contributed by atoms with van der Waals surface area (Å²) in [5, 5.41) is 17.3. The predicted octanol–water partition coefficient (Wildman–Crippen LogP) is 1.29. The van der Waals surface area contributed by atoms with E-state index in [2.05, 4.69) is 15.8 Å². The van der Waals surface area contributed by atoms with E-state index in [0.29, 0.717) is 13.1 Å². The molecule has 1 rings (SSSR count). The highest BCUT2D eigenvalue weighted by Gasteiger charge is 2.20. The molecule has 2 N–H and O–H groups in total. The molecule has 0 unspecified atom stereocenters. The number of carbonyl (C=O) groups is 3. The van der Waals surface area contributed by atoms with E-state index >= 15 is 0 Å². The van der Waals surface area contributed by atoms with Crippen LogP contribution in [0.3, 0.4) is 0 Å². The summed E-state index contributed by atoms with van der Waals surface area (Å²) < 4.78 is 4.93. The van der Waals surface area contributed by atoms with Gasteiger partial charge in [0.2, 0.25) is 5.91 Å². The molecule has 0 atom stereocenters. The Balaban J connectivity index is 2.73. The van der Waals surface area contributed by atoms with E-state index in [4.69, 9.17) is 4.74 Å². The predicted molar refractivity (Wildman–Crippen MR) is 102 cm³/mol. The Bertz CT molecular complexity index is 788. The minimum atomic E-state index is -0.908. The van der Waals surface area contributed by atoms with Crippen molar-refractivity contribution in [3.05, 3.63) is 28.3 Å². The third-order valence-corrected chi connectivity index (χ3v) is 3.69. The van der Waals surface area contributed by atoms with Crippen molar-refractivity contribution < 1.29 is 24.0 Å². The number of nitrogens with zero attached hydrogens (tertiary/aromatic N) is 3. The number of amides is 3. The number of rotatable bonds is 8. The van der Waals surface area contributed by atoms with E-state index < -0.39 is 22.6 Å². The summed E-state index contributed by atoms with van der Waals surface area (Å²) in [5.74, 6) is -1.92. The first-order valence-electron chi connectivity index (χ1n) is 8.48. The van der Waals surface area contributed by atoms with Crippen LogP contribution in [0.4, 0.5) is 11.4 Å². The fourth-order valence-electron chi connectivity index (χ4n) is 2.21. The average Bonchev–Trinajstić information content (AvgIpc) is 2.66. The number of hydrogen-bond donors (Lipinski definition) is 2. The molecular weight excluding hydrogens is 370 g/mol. The van der Waals surface area contributed by atoms with Crippen LogP contribution < -0.4 is 15.5 Å². The van der Waals surface area contributed by atoms with Crippen molar-refractivity contribution in [3.63, 3.8) is 0 Å². The lowest BCUT2D eigenvalue weighted by Gasteiger charge is -2.16. The summed E-state index contributed by atoms with van der Waals surface area (Å²) in [7, 11) is 1.37. The van der Waals surface area contributed by atoms with Gasteiger partial charge in [0.05, 0.1) is 24.5 Å². The zero-order valence-corrected chi connectivity index (χ0v) is 16.1. The molecule has 0 radical (unpaired) electrons. The second-order valence-electron chi connectivity index (χ2n) is 5.63. The maximum Gasteiger partial charge on any atom is 0.329 e. The van der Waals surface area contributed by atoms with E-state index in [0.717, 1.165) is 0 Å². The summed E-state index contributed by atoms with van der Waals surface area (Å²) in [6, 6.07) is 4.02. The van der Waals surface area contributed by atoms with Crippen molar-refractivity contribution in [2.24, 2.45) is 5.10 Å². The van der Waals surface area contributed by atoms with Gasteiger partial charge in [0.1, 0.15) is 11.4 Å². The van der Waals surface area contributed by atoms with Gasteiger partial charge in [-0.1, -0.05) is 0 Å². The third-order valence-electron chi connectivity index (χ3n) is 3.69. The van der Waals surface area contributed by atoms with Gasteiger partial charge in [-0.3, -0.25) is 24.5 Å². The maximum absolute atomic E-state index is 12.1. The maximum atomic E-state index is 12.1. The Morgan fingerprint density at radius 1 is 1.25 bits per heavy atom. The molecule has 1 aromatic carbocycles. The van der Waals surface area contributed by atoms with Crippen molar-refractivity contribution in [1.82, 2.24) is 10.3 Å². The van der Waals surface area contributed by atoms with Crippen LogP contribution in [-0.2, 0) is 14.4 Å². The molecule has 1 aromatic rings. The summed E-state index contributed by atoms with van der Waals surface area (Å²) in [6.07, 6.45) is -0.233. The molecule has 0 aliphatic carbocycles. The lowest BCUT2D eigenvalue weighted by Crippen LogP contribution is -2.41. The van der Waals surface area contributed by atoms with Gasteiger partial charge in [0.15, 0.2) is 0 Å². The number of benzene rings is 1. The zero-order valence-electron chi connectivity index (χ0n) is 16.1.